The van der Waals surface area contributed by atoms with Crippen molar-refractivity contribution >= 4 is 5.96 Å². The van der Waals surface area contributed by atoms with E-state index in [0.29, 0.717) is 11.9 Å². The number of nitrogens with zero attached hydrogens (tertiary/aromatic N) is 2. The highest BCUT2D eigenvalue weighted by Gasteiger charge is 2.65. The summed E-state index contributed by atoms with van der Waals surface area (Å²) in [4.78, 5) is 7.02. The van der Waals surface area contributed by atoms with Crippen LogP contribution in [0.4, 0.5) is 0 Å². The largest absolute Gasteiger partial charge is 0.484 e. The van der Waals surface area contributed by atoms with Crippen LogP contribution in [0.1, 0.15) is 47.9 Å². The standard InChI is InChI=1S/C27H27N3O/c1-18-27(29-25(28)30(18)2)23-17-20(10-9-19-7-8-19)11-12-24(23)31-26(27)15-13-21-5-3-4-6-22(21)14-16-26/h3-6,11-12,17,19H,1,7-8,13-16H2,2H3,(H2,28,29). The molecule has 4 nitrogen and oxygen atoms in total. The lowest BCUT2D eigenvalue weighted by Gasteiger charge is -2.40. The molecule has 0 aromatic heterocycles. The molecule has 2 aliphatic carbocycles. The molecular formula is C27H27N3O. The van der Waals surface area contributed by atoms with Crippen LogP contribution in [0.25, 0.3) is 0 Å². The predicted octanol–water partition coefficient (Wildman–Crippen LogP) is 4.13. The van der Waals surface area contributed by atoms with Crippen molar-refractivity contribution in [3.8, 4) is 17.6 Å². The number of likely N-dealkylation sites (N-methyl/N-ethyl adjacent to an activating group) is 1. The molecule has 2 N–H and O–H groups in total. The summed E-state index contributed by atoms with van der Waals surface area (Å²) in [6, 6.07) is 15.0. The number of hydrogen-bond acceptors (Lipinski definition) is 4. The first-order valence-electron chi connectivity index (χ1n) is 11.2. The van der Waals surface area contributed by atoms with E-state index in [0.717, 1.165) is 48.3 Å². The molecule has 4 aliphatic rings. The summed E-state index contributed by atoms with van der Waals surface area (Å²) in [5.41, 5.74) is 10.9. The van der Waals surface area contributed by atoms with Gasteiger partial charge in [0.05, 0.1) is 0 Å². The van der Waals surface area contributed by atoms with Crippen LogP contribution in [-0.2, 0) is 18.4 Å². The minimum atomic E-state index is -0.708. The number of benzene rings is 2. The monoisotopic (exact) mass is 409 g/mol. The Hall–Kier alpha value is -3.19. The van der Waals surface area contributed by atoms with Gasteiger partial charge in [0.25, 0.3) is 0 Å². The Morgan fingerprint density at radius 2 is 1.84 bits per heavy atom. The van der Waals surface area contributed by atoms with Crippen molar-refractivity contribution in [1.82, 2.24) is 4.90 Å². The van der Waals surface area contributed by atoms with Crippen molar-refractivity contribution in [1.29, 1.82) is 0 Å². The van der Waals surface area contributed by atoms with Gasteiger partial charge < -0.3 is 15.4 Å². The predicted molar refractivity (Wildman–Crippen MR) is 123 cm³/mol. The van der Waals surface area contributed by atoms with E-state index in [4.69, 9.17) is 15.5 Å². The van der Waals surface area contributed by atoms with Gasteiger partial charge in [0.15, 0.2) is 11.5 Å². The molecule has 0 bridgehead atoms. The Bertz CT molecular complexity index is 1170. The molecule has 2 heterocycles. The van der Waals surface area contributed by atoms with Crippen LogP contribution >= 0.6 is 0 Å². The van der Waals surface area contributed by atoms with Crippen molar-refractivity contribution in [2.24, 2.45) is 16.6 Å². The van der Waals surface area contributed by atoms with Gasteiger partial charge in [-0.05, 0) is 67.9 Å². The Labute approximate surface area is 183 Å². The summed E-state index contributed by atoms with van der Waals surface area (Å²) in [5, 5.41) is 0. The van der Waals surface area contributed by atoms with Crippen molar-refractivity contribution in [2.45, 2.75) is 49.7 Å². The molecule has 1 atom stereocenters. The fourth-order valence-corrected chi connectivity index (χ4v) is 5.50. The minimum Gasteiger partial charge on any atom is -0.484 e. The number of ether oxygens (including phenoxy) is 1. The van der Waals surface area contributed by atoms with Crippen molar-refractivity contribution in [3.63, 3.8) is 0 Å². The quantitative estimate of drug-likeness (QED) is 0.666. The summed E-state index contributed by atoms with van der Waals surface area (Å²) in [7, 11) is 1.95. The first kappa shape index (κ1) is 18.6. The van der Waals surface area contributed by atoms with E-state index in [1.54, 1.807) is 0 Å². The molecule has 4 heteroatoms. The van der Waals surface area contributed by atoms with Crippen LogP contribution in [0.3, 0.4) is 0 Å². The number of hydrogen-bond donors (Lipinski definition) is 1. The summed E-state index contributed by atoms with van der Waals surface area (Å²) >= 11 is 0. The molecule has 0 radical (unpaired) electrons. The van der Waals surface area contributed by atoms with Gasteiger partial charge in [0.1, 0.15) is 11.4 Å². The molecule has 2 spiro atoms. The zero-order chi connectivity index (χ0) is 21.2. The van der Waals surface area contributed by atoms with Crippen molar-refractivity contribution in [3.05, 3.63) is 77.0 Å². The molecular weight excluding hydrogens is 382 g/mol. The fourth-order valence-electron chi connectivity index (χ4n) is 5.50. The van der Waals surface area contributed by atoms with Gasteiger partial charge in [-0.2, -0.15) is 0 Å². The Kier molecular flexibility index (Phi) is 3.84. The number of nitrogens with two attached hydrogens (primary N) is 1. The third kappa shape index (κ3) is 2.59. The Morgan fingerprint density at radius 3 is 2.45 bits per heavy atom. The van der Waals surface area contributed by atoms with Crippen LogP contribution in [0.15, 0.2) is 59.7 Å². The maximum absolute atomic E-state index is 6.85. The molecule has 2 aromatic carbocycles. The van der Waals surface area contributed by atoms with Crippen LogP contribution in [0.5, 0.6) is 5.75 Å². The lowest BCUT2D eigenvalue weighted by molar-refractivity contribution is 0.0191. The smallest absolute Gasteiger partial charge is 0.196 e. The number of rotatable bonds is 0. The molecule has 0 amide bonds. The Balaban J connectivity index is 1.50. The molecule has 0 saturated heterocycles. The number of aliphatic imine (C=N–C) groups is 1. The third-order valence-corrected chi connectivity index (χ3v) is 7.50. The van der Waals surface area contributed by atoms with Gasteiger partial charge in [-0.25, -0.2) is 4.99 Å². The van der Waals surface area contributed by atoms with Crippen LogP contribution in [0.2, 0.25) is 0 Å². The highest BCUT2D eigenvalue weighted by Crippen LogP contribution is 2.60. The molecule has 1 saturated carbocycles. The van der Waals surface area contributed by atoms with E-state index in [9.17, 15) is 0 Å². The summed E-state index contributed by atoms with van der Waals surface area (Å²) < 4.78 is 6.85. The number of fused-ring (bicyclic) bond motifs is 4. The van der Waals surface area contributed by atoms with Gasteiger partial charge in [0.2, 0.25) is 0 Å². The normalized spacial score (nSPS) is 25.4. The first-order valence-corrected chi connectivity index (χ1v) is 11.2. The zero-order valence-electron chi connectivity index (χ0n) is 17.9. The van der Waals surface area contributed by atoms with Gasteiger partial charge in [0, 0.05) is 29.8 Å². The second-order valence-corrected chi connectivity index (χ2v) is 9.31. The molecule has 1 unspecified atom stereocenters. The second kappa shape index (κ2) is 6.40. The second-order valence-electron chi connectivity index (χ2n) is 9.31. The highest BCUT2D eigenvalue weighted by atomic mass is 16.5. The van der Waals surface area contributed by atoms with E-state index in [-0.39, 0.29) is 0 Å². The Morgan fingerprint density at radius 1 is 1.13 bits per heavy atom. The van der Waals surface area contributed by atoms with Crippen molar-refractivity contribution < 1.29 is 4.74 Å². The average molecular weight is 410 g/mol. The van der Waals surface area contributed by atoms with Gasteiger partial charge in [-0.3, -0.25) is 0 Å². The van der Waals surface area contributed by atoms with Gasteiger partial charge in [-0.1, -0.05) is 42.7 Å². The number of guanidine groups is 1. The zero-order valence-corrected chi connectivity index (χ0v) is 17.9. The average Bonchev–Trinajstić information content (AvgIpc) is 3.56. The molecule has 31 heavy (non-hydrogen) atoms. The molecule has 1 fully saturated rings. The molecule has 2 aliphatic heterocycles. The summed E-state index contributed by atoms with van der Waals surface area (Å²) in [6.45, 7) is 4.48. The lowest BCUT2D eigenvalue weighted by atomic mass is 9.70. The SMILES string of the molecule is C=C1N(C)C(N)=NC12c1cc(C#CC3CC3)ccc1OC21CCc2ccccc2CC1. The van der Waals surface area contributed by atoms with E-state index in [1.165, 1.54) is 24.0 Å². The van der Waals surface area contributed by atoms with Crippen molar-refractivity contribution in [2.75, 3.05) is 7.05 Å². The summed E-state index contributed by atoms with van der Waals surface area (Å²) in [6.07, 6.45) is 6.07. The molecule has 2 aromatic rings. The first-order chi connectivity index (χ1) is 15.0. The van der Waals surface area contributed by atoms with Crippen LogP contribution in [-0.4, -0.2) is 23.5 Å². The van der Waals surface area contributed by atoms with Crippen LogP contribution in [0, 0.1) is 17.8 Å². The van der Waals surface area contributed by atoms with E-state index < -0.39 is 11.1 Å². The van der Waals surface area contributed by atoms with E-state index in [2.05, 4.69) is 60.9 Å². The summed E-state index contributed by atoms with van der Waals surface area (Å²) in [5.74, 6) is 8.69. The molecule has 156 valence electrons. The fraction of sp³-hybridized carbons (Fsp3) is 0.370. The lowest BCUT2D eigenvalue weighted by Crippen LogP contribution is -2.51. The topological polar surface area (TPSA) is 50.8 Å². The molecule has 6 rings (SSSR count). The number of aryl methyl sites for hydroxylation is 2. The van der Waals surface area contributed by atoms with Gasteiger partial charge in [-0.15, -0.1) is 0 Å². The third-order valence-electron chi connectivity index (χ3n) is 7.50. The van der Waals surface area contributed by atoms with E-state index in [1.807, 2.05) is 11.9 Å². The van der Waals surface area contributed by atoms with E-state index >= 15 is 0 Å². The van der Waals surface area contributed by atoms with Crippen LogP contribution < -0.4 is 10.5 Å². The highest BCUT2D eigenvalue weighted by molar-refractivity contribution is 5.85. The maximum Gasteiger partial charge on any atom is 0.196 e. The minimum absolute atomic E-state index is 0.497. The van der Waals surface area contributed by atoms with Gasteiger partial charge >= 0.3 is 0 Å². The maximum atomic E-state index is 6.85.